The fraction of sp³-hybridized carbons (Fsp3) is 0.111. The first-order chi connectivity index (χ1) is 5.29. The van der Waals surface area contributed by atoms with Crippen molar-refractivity contribution in [1.82, 2.24) is 4.98 Å². The monoisotopic (exact) mass is 165 g/mol. The summed E-state index contributed by atoms with van der Waals surface area (Å²) in [6, 6.07) is 0. The average Bonchev–Trinajstić information content (AvgIpc) is 2.34. The van der Waals surface area contributed by atoms with Crippen LogP contribution < -0.4 is 5.30 Å². The average molecular weight is 165 g/mol. The standard InChI is InChI=1S/C9H12NP/c1-3-5-7-8(4-2)10-6-9(7)11/h3-6,10H,2,11H2,1H3/b5-3-. The second kappa shape index (κ2) is 3.54. The van der Waals surface area contributed by atoms with Crippen LogP contribution in [0.25, 0.3) is 12.2 Å². The summed E-state index contributed by atoms with van der Waals surface area (Å²) >= 11 is 0. The Hall–Kier alpha value is -0.810. The zero-order chi connectivity index (χ0) is 8.27. The van der Waals surface area contributed by atoms with E-state index in [1.54, 1.807) is 0 Å². The number of allylic oxidation sites excluding steroid dienone is 1. The lowest BCUT2D eigenvalue weighted by Crippen LogP contribution is -1.88. The van der Waals surface area contributed by atoms with Gasteiger partial charge in [0.15, 0.2) is 0 Å². The molecule has 0 aliphatic rings. The fourth-order valence-corrected chi connectivity index (χ4v) is 1.32. The predicted octanol–water partition coefficient (Wildman–Crippen LogP) is 2.19. The van der Waals surface area contributed by atoms with E-state index >= 15 is 0 Å². The van der Waals surface area contributed by atoms with Crippen molar-refractivity contribution < 1.29 is 0 Å². The topological polar surface area (TPSA) is 15.8 Å². The zero-order valence-corrected chi connectivity index (χ0v) is 7.75. The van der Waals surface area contributed by atoms with Gasteiger partial charge in [-0.05, 0) is 18.3 Å². The summed E-state index contributed by atoms with van der Waals surface area (Å²) in [7, 11) is 2.68. The van der Waals surface area contributed by atoms with E-state index in [1.807, 2.05) is 25.3 Å². The van der Waals surface area contributed by atoms with E-state index in [-0.39, 0.29) is 0 Å². The van der Waals surface area contributed by atoms with Crippen LogP contribution in [0.2, 0.25) is 0 Å². The molecule has 11 heavy (non-hydrogen) atoms. The lowest BCUT2D eigenvalue weighted by Gasteiger charge is -1.91. The second-order valence-corrected chi connectivity index (χ2v) is 2.90. The quantitative estimate of drug-likeness (QED) is 0.646. The molecular weight excluding hydrogens is 153 g/mol. The predicted molar refractivity (Wildman–Crippen MR) is 54.9 cm³/mol. The van der Waals surface area contributed by atoms with Gasteiger partial charge >= 0.3 is 0 Å². The molecule has 1 heterocycles. The van der Waals surface area contributed by atoms with Crippen LogP contribution in [0, 0.1) is 0 Å². The second-order valence-electron chi connectivity index (χ2n) is 2.28. The van der Waals surface area contributed by atoms with E-state index in [0.29, 0.717) is 0 Å². The minimum atomic E-state index is 1.08. The van der Waals surface area contributed by atoms with Gasteiger partial charge in [-0.25, -0.2) is 0 Å². The van der Waals surface area contributed by atoms with E-state index in [0.717, 1.165) is 5.69 Å². The highest BCUT2D eigenvalue weighted by Gasteiger charge is 1.99. The SMILES string of the molecule is C=Cc1[nH]cc(P)c1/C=C\C. The van der Waals surface area contributed by atoms with Crippen molar-refractivity contribution in [3.63, 3.8) is 0 Å². The molecule has 1 aromatic rings. The highest BCUT2D eigenvalue weighted by molar-refractivity contribution is 7.27. The summed E-state index contributed by atoms with van der Waals surface area (Å²) in [4.78, 5) is 3.12. The zero-order valence-electron chi connectivity index (χ0n) is 6.59. The molecule has 0 fully saturated rings. The molecule has 1 atom stereocenters. The number of aromatic nitrogens is 1. The molecular formula is C9H12NP. The van der Waals surface area contributed by atoms with Crippen LogP contribution in [0.4, 0.5) is 0 Å². The summed E-state index contributed by atoms with van der Waals surface area (Å²) in [5.41, 5.74) is 2.28. The number of H-pyrrole nitrogens is 1. The molecule has 0 aliphatic carbocycles. The van der Waals surface area contributed by atoms with Gasteiger partial charge in [-0.2, -0.15) is 0 Å². The molecule has 1 nitrogen and oxygen atoms in total. The Morgan fingerprint density at radius 3 is 2.91 bits per heavy atom. The van der Waals surface area contributed by atoms with Crippen molar-refractivity contribution in [3.8, 4) is 0 Å². The Balaban J connectivity index is 3.17. The van der Waals surface area contributed by atoms with Crippen LogP contribution >= 0.6 is 9.24 Å². The summed E-state index contributed by atoms with van der Waals surface area (Å²) in [6.45, 7) is 5.72. The molecule has 0 saturated carbocycles. The van der Waals surface area contributed by atoms with Crippen LogP contribution in [0.1, 0.15) is 18.2 Å². The normalized spacial score (nSPS) is 10.7. The van der Waals surface area contributed by atoms with Crippen molar-refractivity contribution in [1.29, 1.82) is 0 Å². The Labute approximate surface area is 69.4 Å². The first kappa shape index (κ1) is 8.29. The number of aromatic amines is 1. The molecule has 1 unspecified atom stereocenters. The van der Waals surface area contributed by atoms with Crippen molar-refractivity contribution in [3.05, 3.63) is 30.1 Å². The lowest BCUT2D eigenvalue weighted by atomic mass is 10.2. The molecule has 58 valence electrons. The van der Waals surface area contributed by atoms with E-state index in [1.165, 1.54) is 10.9 Å². The van der Waals surface area contributed by atoms with Gasteiger partial charge in [-0.15, -0.1) is 9.24 Å². The van der Waals surface area contributed by atoms with Crippen LogP contribution in [0.15, 0.2) is 18.9 Å². The molecule has 0 saturated heterocycles. The van der Waals surface area contributed by atoms with Gasteiger partial charge in [-0.3, -0.25) is 0 Å². The van der Waals surface area contributed by atoms with Crippen molar-refractivity contribution in [2.75, 3.05) is 0 Å². The third kappa shape index (κ3) is 1.61. The molecule has 0 spiro atoms. The van der Waals surface area contributed by atoms with E-state index in [9.17, 15) is 0 Å². The van der Waals surface area contributed by atoms with Gasteiger partial charge in [-0.1, -0.05) is 18.7 Å². The van der Waals surface area contributed by atoms with Gasteiger partial charge in [0.1, 0.15) is 0 Å². The Kier molecular flexibility index (Phi) is 2.67. The summed E-state index contributed by atoms with van der Waals surface area (Å²) in [5.74, 6) is 0. The minimum absolute atomic E-state index is 1.08. The van der Waals surface area contributed by atoms with Crippen molar-refractivity contribution >= 4 is 26.7 Å². The molecule has 2 heteroatoms. The Morgan fingerprint density at radius 1 is 1.64 bits per heavy atom. The summed E-state index contributed by atoms with van der Waals surface area (Å²) in [5, 5.41) is 1.18. The summed E-state index contributed by atoms with van der Waals surface area (Å²) in [6.07, 6.45) is 7.86. The van der Waals surface area contributed by atoms with Crippen LogP contribution in [0.3, 0.4) is 0 Å². The third-order valence-corrected chi connectivity index (χ3v) is 2.00. The minimum Gasteiger partial charge on any atom is -0.361 e. The summed E-state index contributed by atoms with van der Waals surface area (Å²) < 4.78 is 0. The van der Waals surface area contributed by atoms with Crippen molar-refractivity contribution in [2.24, 2.45) is 0 Å². The highest BCUT2D eigenvalue weighted by atomic mass is 31.0. The first-order valence-corrected chi connectivity index (χ1v) is 4.09. The van der Waals surface area contributed by atoms with Crippen LogP contribution in [-0.4, -0.2) is 4.98 Å². The number of hydrogen-bond acceptors (Lipinski definition) is 0. The fourth-order valence-electron chi connectivity index (χ4n) is 0.988. The highest BCUT2D eigenvalue weighted by Crippen LogP contribution is 2.10. The van der Waals surface area contributed by atoms with Gasteiger partial charge in [0.2, 0.25) is 0 Å². The maximum Gasteiger partial charge on any atom is 0.0454 e. The van der Waals surface area contributed by atoms with Crippen LogP contribution in [-0.2, 0) is 0 Å². The smallest absolute Gasteiger partial charge is 0.0454 e. The molecule has 0 aliphatic heterocycles. The van der Waals surface area contributed by atoms with Gasteiger partial charge < -0.3 is 4.98 Å². The Bertz CT molecular complexity index is 284. The molecule has 0 amide bonds. The van der Waals surface area contributed by atoms with Crippen molar-refractivity contribution in [2.45, 2.75) is 6.92 Å². The number of rotatable bonds is 2. The number of nitrogens with one attached hydrogen (secondary N) is 1. The number of hydrogen-bond donors (Lipinski definition) is 1. The Morgan fingerprint density at radius 2 is 2.36 bits per heavy atom. The molecule has 1 N–H and O–H groups in total. The molecule has 1 aromatic heterocycles. The molecule has 0 aromatic carbocycles. The van der Waals surface area contributed by atoms with Gasteiger partial charge in [0.25, 0.3) is 0 Å². The molecule has 1 rings (SSSR count). The maximum atomic E-state index is 3.71. The van der Waals surface area contributed by atoms with E-state index < -0.39 is 0 Å². The first-order valence-electron chi connectivity index (χ1n) is 3.51. The molecule has 0 bridgehead atoms. The largest absolute Gasteiger partial charge is 0.361 e. The van der Waals surface area contributed by atoms with Gasteiger partial charge in [0.05, 0.1) is 0 Å². The van der Waals surface area contributed by atoms with Gasteiger partial charge in [0, 0.05) is 17.5 Å². The van der Waals surface area contributed by atoms with E-state index in [2.05, 4.69) is 26.9 Å². The maximum absolute atomic E-state index is 3.71. The van der Waals surface area contributed by atoms with Crippen LogP contribution in [0.5, 0.6) is 0 Å². The van der Waals surface area contributed by atoms with E-state index in [4.69, 9.17) is 0 Å². The molecule has 0 radical (unpaired) electrons. The third-order valence-electron chi connectivity index (χ3n) is 1.52. The lowest BCUT2D eigenvalue weighted by molar-refractivity contribution is 1.37.